The van der Waals surface area contributed by atoms with Gasteiger partial charge in [-0.1, -0.05) is 0 Å². The Hall–Kier alpha value is -1.30. The van der Waals surface area contributed by atoms with Gasteiger partial charge in [-0.25, -0.2) is 0 Å². The van der Waals surface area contributed by atoms with Crippen molar-refractivity contribution >= 4 is 0 Å². The molecule has 0 saturated carbocycles. The van der Waals surface area contributed by atoms with E-state index in [9.17, 15) is 0 Å². The molecule has 0 amide bonds. The molecule has 0 fully saturated rings. The Labute approximate surface area is 97.1 Å². The molecule has 1 aromatic rings. The third-order valence-corrected chi connectivity index (χ3v) is 3.28. The maximum Gasteiger partial charge on any atom is 0.0628 e. The molecule has 3 heteroatoms. The molecule has 1 aliphatic rings. The molecule has 0 spiro atoms. The van der Waals surface area contributed by atoms with Crippen LogP contribution in [-0.2, 0) is 12.0 Å². The highest BCUT2D eigenvalue weighted by Crippen LogP contribution is 2.35. The molecule has 0 radical (unpaired) electrons. The summed E-state index contributed by atoms with van der Waals surface area (Å²) in [6, 6.07) is 2.29. The number of fused-ring (bicyclic) bond motifs is 1. The van der Waals surface area contributed by atoms with Gasteiger partial charge < -0.3 is 0 Å². The zero-order valence-corrected chi connectivity index (χ0v) is 10.3. The predicted octanol–water partition coefficient (Wildman–Crippen LogP) is 2.97. The van der Waals surface area contributed by atoms with Gasteiger partial charge in [-0.05, 0) is 45.6 Å². The minimum atomic E-state index is 0.0438. The normalized spacial score (nSPS) is 20.2. The Morgan fingerprint density at radius 1 is 1.56 bits per heavy atom. The molecule has 0 saturated heterocycles. The first kappa shape index (κ1) is 11.2. The largest absolute Gasteiger partial charge is 0.264 e. The zero-order chi connectivity index (χ0) is 11.8. The van der Waals surface area contributed by atoms with Crippen LogP contribution >= 0.6 is 0 Å². The third-order valence-electron chi connectivity index (χ3n) is 3.28. The molecule has 1 heterocycles. The van der Waals surface area contributed by atoms with Gasteiger partial charge in [-0.2, -0.15) is 10.4 Å². The Morgan fingerprint density at radius 3 is 2.94 bits per heavy atom. The molecule has 1 atom stereocenters. The maximum atomic E-state index is 8.83. The number of rotatable bonds is 1. The van der Waals surface area contributed by atoms with Crippen LogP contribution < -0.4 is 0 Å². The number of hydrogen-bond acceptors (Lipinski definition) is 2. The lowest BCUT2D eigenvalue weighted by Crippen LogP contribution is -2.26. The van der Waals surface area contributed by atoms with Crippen LogP contribution in [0.5, 0.6) is 0 Å². The maximum absolute atomic E-state index is 8.83. The lowest BCUT2D eigenvalue weighted by atomic mass is 9.85. The van der Waals surface area contributed by atoms with Crippen molar-refractivity contribution in [2.24, 2.45) is 0 Å². The lowest BCUT2D eigenvalue weighted by Gasteiger charge is -2.26. The van der Waals surface area contributed by atoms with E-state index in [4.69, 9.17) is 5.26 Å². The van der Waals surface area contributed by atoms with Crippen LogP contribution in [0.1, 0.15) is 57.2 Å². The number of nitriles is 1. The molecule has 1 aromatic heterocycles. The summed E-state index contributed by atoms with van der Waals surface area (Å²) in [6.45, 7) is 6.52. The van der Waals surface area contributed by atoms with E-state index in [0.717, 1.165) is 12.8 Å². The molecule has 2 rings (SSSR count). The number of hydrogen-bond donors (Lipinski definition) is 0. The van der Waals surface area contributed by atoms with Crippen LogP contribution in [0, 0.1) is 11.3 Å². The predicted molar refractivity (Wildman–Crippen MR) is 63.1 cm³/mol. The van der Waals surface area contributed by atoms with Gasteiger partial charge in [0.25, 0.3) is 0 Å². The summed E-state index contributed by atoms with van der Waals surface area (Å²) in [7, 11) is 0. The van der Waals surface area contributed by atoms with Crippen molar-refractivity contribution in [2.45, 2.75) is 57.9 Å². The van der Waals surface area contributed by atoms with Crippen LogP contribution in [0.15, 0.2) is 6.20 Å². The first-order chi connectivity index (χ1) is 7.54. The Bertz CT molecular complexity index is 417. The van der Waals surface area contributed by atoms with Crippen LogP contribution in [0.25, 0.3) is 0 Å². The molecular formula is C13H19N3. The fourth-order valence-corrected chi connectivity index (χ4v) is 2.55. The fraction of sp³-hybridized carbons (Fsp3) is 0.692. The minimum Gasteiger partial charge on any atom is -0.264 e. The summed E-state index contributed by atoms with van der Waals surface area (Å²) < 4.78 is 2.13. The van der Waals surface area contributed by atoms with Crippen LogP contribution in [0.4, 0.5) is 0 Å². The fourth-order valence-electron chi connectivity index (χ4n) is 2.55. The summed E-state index contributed by atoms with van der Waals surface area (Å²) in [5, 5.41) is 13.3. The summed E-state index contributed by atoms with van der Waals surface area (Å²) in [4.78, 5) is 0. The molecule has 1 unspecified atom stereocenters. The standard InChI is InChI=1S/C13H19N3/c1-13(2,3)16-12-6-4-5-10(7-8-14)11(12)9-15-16/h9-10H,4-7H2,1-3H3. The highest BCUT2D eigenvalue weighted by molar-refractivity contribution is 5.27. The quantitative estimate of drug-likeness (QED) is 0.725. The van der Waals surface area contributed by atoms with E-state index >= 15 is 0 Å². The first-order valence-electron chi connectivity index (χ1n) is 5.98. The van der Waals surface area contributed by atoms with Gasteiger partial charge in [0.2, 0.25) is 0 Å². The first-order valence-corrected chi connectivity index (χ1v) is 5.98. The smallest absolute Gasteiger partial charge is 0.0628 e. The summed E-state index contributed by atoms with van der Waals surface area (Å²) in [5.74, 6) is 0.407. The van der Waals surface area contributed by atoms with Crippen molar-refractivity contribution in [1.82, 2.24) is 9.78 Å². The van der Waals surface area contributed by atoms with Crippen molar-refractivity contribution < 1.29 is 0 Å². The Morgan fingerprint density at radius 2 is 2.31 bits per heavy atom. The Kier molecular flexibility index (Phi) is 2.75. The van der Waals surface area contributed by atoms with E-state index in [0.29, 0.717) is 12.3 Å². The van der Waals surface area contributed by atoms with E-state index in [-0.39, 0.29) is 5.54 Å². The Balaban J connectivity index is 2.39. The zero-order valence-electron chi connectivity index (χ0n) is 10.3. The number of aromatic nitrogens is 2. The minimum absolute atomic E-state index is 0.0438. The highest BCUT2D eigenvalue weighted by atomic mass is 15.3. The number of nitrogens with zero attached hydrogens (tertiary/aromatic N) is 3. The summed E-state index contributed by atoms with van der Waals surface area (Å²) in [6.07, 6.45) is 6.02. The van der Waals surface area contributed by atoms with Gasteiger partial charge in [0.15, 0.2) is 0 Å². The van der Waals surface area contributed by atoms with Crippen LogP contribution in [0.3, 0.4) is 0 Å². The van der Waals surface area contributed by atoms with E-state index in [1.165, 1.54) is 17.7 Å². The second-order valence-corrected chi connectivity index (χ2v) is 5.58. The van der Waals surface area contributed by atoms with Crippen molar-refractivity contribution in [2.75, 3.05) is 0 Å². The van der Waals surface area contributed by atoms with Crippen molar-refractivity contribution in [3.8, 4) is 6.07 Å². The molecule has 3 nitrogen and oxygen atoms in total. The average molecular weight is 217 g/mol. The second kappa shape index (κ2) is 3.93. The lowest BCUT2D eigenvalue weighted by molar-refractivity contribution is 0.337. The molecule has 0 aliphatic heterocycles. The SMILES string of the molecule is CC(C)(C)n1ncc2c1CCCC2CC#N. The van der Waals surface area contributed by atoms with E-state index < -0.39 is 0 Å². The van der Waals surface area contributed by atoms with Gasteiger partial charge in [0, 0.05) is 18.0 Å². The molecular weight excluding hydrogens is 198 g/mol. The van der Waals surface area contributed by atoms with E-state index in [1.807, 2.05) is 6.20 Å². The molecule has 0 N–H and O–H groups in total. The third kappa shape index (κ3) is 1.84. The van der Waals surface area contributed by atoms with Gasteiger partial charge >= 0.3 is 0 Å². The van der Waals surface area contributed by atoms with Gasteiger partial charge in [0.05, 0.1) is 17.8 Å². The summed E-state index contributed by atoms with van der Waals surface area (Å²) >= 11 is 0. The monoisotopic (exact) mass is 217 g/mol. The molecule has 1 aliphatic carbocycles. The van der Waals surface area contributed by atoms with Gasteiger partial charge in [-0.3, -0.25) is 4.68 Å². The van der Waals surface area contributed by atoms with E-state index in [2.05, 4.69) is 36.6 Å². The van der Waals surface area contributed by atoms with Crippen molar-refractivity contribution in [1.29, 1.82) is 5.26 Å². The average Bonchev–Trinajstić information content (AvgIpc) is 2.62. The van der Waals surface area contributed by atoms with Crippen LogP contribution in [0.2, 0.25) is 0 Å². The van der Waals surface area contributed by atoms with E-state index in [1.54, 1.807) is 0 Å². The topological polar surface area (TPSA) is 41.6 Å². The highest BCUT2D eigenvalue weighted by Gasteiger charge is 2.27. The molecule has 0 aromatic carbocycles. The molecule has 16 heavy (non-hydrogen) atoms. The van der Waals surface area contributed by atoms with Crippen LogP contribution in [-0.4, -0.2) is 9.78 Å². The second-order valence-electron chi connectivity index (χ2n) is 5.58. The van der Waals surface area contributed by atoms with Gasteiger partial charge in [-0.15, -0.1) is 0 Å². The van der Waals surface area contributed by atoms with Gasteiger partial charge in [0.1, 0.15) is 0 Å². The molecule has 0 bridgehead atoms. The summed E-state index contributed by atoms with van der Waals surface area (Å²) in [5.41, 5.74) is 2.70. The van der Waals surface area contributed by atoms with Crippen molar-refractivity contribution in [3.63, 3.8) is 0 Å². The molecule has 86 valence electrons. The van der Waals surface area contributed by atoms with Crippen molar-refractivity contribution in [3.05, 3.63) is 17.5 Å².